The Labute approximate surface area is 143 Å². The van der Waals surface area contributed by atoms with Crippen LogP contribution in [0, 0.1) is 5.82 Å². The quantitative estimate of drug-likeness (QED) is 0.781. The van der Waals surface area contributed by atoms with Gasteiger partial charge in [0.25, 0.3) is 5.91 Å². The standard InChI is InChI=1S/C14H16ClFN4O3S/c1-8(2)24(22,23)19-18-14(21)10-4-9(5-11(15)13(10)16)12-6-20(3)7-17-12/h4-8,19H,1-3H3,(H,18,21). The molecule has 0 unspecified atom stereocenters. The van der Waals surface area contributed by atoms with Crippen molar-refractivity contribution < 1.29 is 17.6 Å². The van der Waals surface area contributed by atoms with Crippen LogP contribution in [0.2, 0.25) is 5.02 Å². The average Bonchev–Trinajstić information content (AvgIpc) is 2.94. The van der Waals surface area contributed by atoms with E-state index in [4.69, 9.17) is 11.6 Å². The zero-order chi connectivity index (χ0) is 18.1. The number of imidazole rings is 1. The second-order valence-electron chi connectivity index (χ2n) is 5.39. The summed E-state index contributed by atoms with van der Waals surface area (Å²) in [5.41, 5.74) is 2.50. The van der Waals surface area contributed by atoms with Crippen LogP contribution in [0.15, 0.2) is 24.7 Å². The molecule has 1 aromatic heterocycles. The van der Waals surface area contributed by atoms with Gasteiger partial charge in [0.2, 0.25) is 10.0 Å². The normalized spacial score (nSPS) is 11.8. The second kappa shape index (κ2) is 6.88. The average molecular weight is 375 g/mol. The van der Waals surface area contributed by atoms with E-state index in [1.54, 1.807) is 24.1 Å². The molecule has 130 valence electrons. The smallest absolute Gasteiger partial charge is 0.269 e. The number of hydrogen-bond donors (Lipinski definition) is 2. The molecule has 1 amide bonds. The lowest BCUT2D eigenvalue weighted by Gasteiger charge is -2.12. The first-order valence-corrected chi connectivity index (χ1v) is 8.82. The van der Waals surface area contributed by atoms with Gasteiger partial charge >= 0.3 is 0 Å². The summed E-state index contributed by atoms with van der Waals surface area (Å²) in [6.45, 7) is 2.88. The number of carbonyl (C=O) groups is 1. The number of nitrogens with one attached hydrogen (secondary N) is 2. The fraction of sp³-hybridized carbons (Fsp3) is 0.286. The zero-order valence-corrected chi connectivity index (χ0v) is 14.7. The summed E-state index contributed by atoms with van der Waals surface area (Å²) in [4.78, 5) is 18.1. The van der Waals surface area contributed by atoms with E-state index in [9.17, 15) is 17.6 Å². The van der Waals surface area contributed by atoms with Crippen LogP contribution in [0.5, 0.6) is 0 Å². The summed E-state index contributed by atoms with van der Waals surface area (Å²) in [6, 6.07) is 2.59. The third-order valence-corrected chi connectivity index (χ3v) is 5.10. The van der Waals surface area contributed by atoms with Crippen molar-refractivity contribution in [2.75, 3.05) is 0 Å². The monoisotopic (exact) mass is 374 g/mol. The molecule has 0 aliphatic heterocycles. The minimum absolute atomic E-state index is 0.269. The molecule has 0 atom stereocenters. The first-order valence-electron chi connectivity index (χ1n) is 6.90. The van der Waals surface area contributed by atoms with Crippen molar-refractivity contribution >= 4 is 27.5 Å². The highest BCUT2D eigenvalue weighted by Crippen LogP contribution is 2.27. The van der Waals surface area contributed by atoms with Gasteiger partial charge in [-0.1, -0.05) is 11.6 Å². The van der Waals surface area contributed by atoms with Gasteiger partial charge in [0.1, 0.15) is 0 Å². The van der Waals surface area contributed by atoms with Crippen molar-refractivity contribution in [3.63, 3.8) is 0 Å². The molecule has 2 aromatic rings. The number of benzene rings is 1. The largest absolute Gasteiger partial charge is 0.340 e. The molecular formula is C14H16ClFN4O3S. The van der Waals surface area contributed by atoms with E-state index in [1.165, 1.54) is 26.0 Å². The van der Waals surface area contributed by atoms with Crippen molar-refractivity contribution in [1.29, 1.82) is 0 Å². The lowest BCUT2D eigenvalue weighted by Crippen LogP contribution is -2.44. The minimum Gasteiger partial charge on any atom is -0.340 e. The molecule has 24 heavy (non-hydrogen) atoms. The Bertz CT molecular complexity index is 880. The number of halogens is 2. The van der Waals surface area contributed by atoms with Gasteiger partial charge in [-0.2, -0.15) is 0 Å². The van der Waals surface area contributed by atoms with E-state index in [2.05, 4.69) is 4.98 Å². The van der Waals surface area contributed by atoms with Gasteiger partial charge in [0, 0.05) is 18.8 Å². The van der Waals surface area contributed by atoms with Gasteiger partial charge in [0.15, 0.2) is 5.82 Å². The predicted molar refractivity (Wildman–Crippen MR) is 88.3 cm³/mol. The minimum atomic E-state index is -3.74. The van der Waals surface area contributed by atoms with E-state index in [1.807, 2.05) is 10.3 Å². The Morgan fingerprint density at radius 1 is 1.38 bits per heavy atom. The Balaban J connectivity index is 2.32. The molecule has 0 radical (unpaired) electrons. The molecular weight excluding hydrogens is 359 g/mol. The van der Waals surface area contributed by atoms with E-state index in [-0.39, 0.29) is 5.02 Å². The molecule has 10 heteroatoms. The number of rotatable bonds is 5. The van der Waals surface area contributed by atoms with Gasteiger partial charge in [-0.15, -0.1) is 4.83 Å². The van der Waals surface area contributed by atoms with Gasteiger partial charge in [-0.3, -0.25) is 10.2 Å². The Morgan fingerprint density at radius 3 is 2.58 bits per heavy atom. The maximum absolute atomic E-state index is 14.1. The molecule has 0 aliphatic carbocycles. The van der Waals surface area contributed by atoms with Crippen LogP contribution in [-0.2, 0) is 17.1 Å². The van der Waals surface area contributed by atoms with Crippen molar-refractivity contribution in [3.05, 3.63) is 41.1 Å². The number of hydrazine groups is 1. The first-order chi connectivity index (χ1) is 11.1. The predicted octanol–water partition coefficient (Wildman–Crippen LogP) is 1.85. The highest BCUT2D eigenvalue weighted by atomic mass is 35.5. The molecule has 0 aliphatic rings. The summed E-state index contributed by atoms with van der Waals surface area (Å²) in [5.74, 6) is -1.91. The van der Waals surface area contributed by atoms with Gasteiger partial charge in [0.05, 0.1) is 27.9 Å². The molecule has 1 aromatic carbocycles. The molecule has 0 saturated heterocycles. The SMILES string of the molecule is CC(C)S(=O)(=O)NNC(=O)c1cc(-c2cn(C)cn2)cc(Cl)c1F. The third kappa shape index (κ3) is 3.92. The molecule has 7 nitrogen and oxygen atoms in total. The van der Waals surface area contributed by atoms with E-state index < -0.39 is 32.6 Å². The highest BCUT2D eigenvalue weighted by Gasteiger charge is 2.21. The van der Waals surface area contributed by atoms with Gasteiger partial charge < -0.3 is 4.57 Å². The van der Waals surface area contributed by atoms with Crippen LogP contribution in [-0.4, -0.2) is 29.1 Å². The first kappa shape index (κ1) is 18.4. The third-order valence-electron chi connectivity index (χ3n) is 3.20. The second-order valence-corrected chi connectivity index (χ2v) is 8.04. The summed E-state index contributed by atoms with van der Waals surface area (Å²) in [5, 5.41) is -1.03. The number of amides is 1. The van der Waals surface area contributed by atoms with Crippen LogP contribution >= 0.6 is 11.6 Å². The van der Waals surface area contributed by atoms with Crippen molar-refractivity contribution in [2.45, 2.75) is 19.1 Å². The zero-order valence-electron chi connectivity index (χ0n) is 13.2. The number of sulfonamides is 1. The van der Waals surface area contributed by atoms with E-state index >= 15 is 0 Å². The van der Waals surface area contributed by atoms with Gasteiger partial charge in [-0.25, -0.2) is 17.8 Å². The molecule has 2 N–H and O–H groups in total. The Hall–Kier alpha value is -1.97. The van der Waals surface area contributed by atoms with Crippen molar-refractivity contribution in [1.82, 2.24) is 19.8 Å². The van der Waals surface area contributed by atoms with Gasteiger partial charge in [-0.05, 0) is 26.0 Å². The molecule has 0 bridgehead atoms. The number of aryl methyl sites for hydroxylation is 1. The van der Waals surface area contributed by atoms with Crippen LogP contribution in [0.4, 0.5) is 4.39 Å². The van der Waals surface area contributed by atoms with E-state index in [0.29, 0.717) is 11.3 Å². The van der Waals surface area contributed by atoms with Crippen LogP contribution in [0.3, 0.4) is 0 Å². The highest BCUT2D eigenvalue weighted by molar-refractivity contribution is 7.90. The lowest BCUT2D eigenvalue weighted by molar-refractivity contribution is 0.0941. The van der Waals surface area contributed by atoms with E-state index in [0.717, 1.165) is 0 Å². The van der Waals surface area contributed by atoms with Crippen LogP contribution in [0.25, 0.3) is 11.3 Å². The van der Waals surface area contributed by atoms with Crippen LogP contribution in [0.1, 0.15) is 24.2 Å². The van der Waals surface area contributed by atoms with Crippen molar-refractivity contribution in [2.24, 2.45) is 7.05 Å². The molecule has 0 saturated carbocycles. The number of aromatic nitrogens is 2. The summed E-state index contributed by atoms with van der Waals surface area (Å²) >= 11 is 5.83. The summed E-state index contributed by atoms with van der Waals surface area (Å²) in [6.07, 6.45) is 3.22. The summed E-state index contributed by atoms with van der Waals surface area (Å²) < 4.78 is 39.1. The lowest BCUT2D eigenvalue weighted by atomic mass is 10.1. The molecule has 2 rings (SSSR count). The van der Waals surface area contributed by atoms with Crippen molar-refractivity contribution in [3.8, 4) is 11.3 Å². The molecule has 0 spiro atoms. The fourth-order valence-electron chi connectivity index (χ4n) is 1.77. The fourth-order valence-corrected chi connectivity index (χ4v) is 2.46. The number of nitrogens with zero attached hydrogens (tertiary/aromatic N) is 2. The van der Waals surface area contributed by atoms with Crippen LogP contribution < -0.4 is 10.3 Å². The number of hydrogen-bond acceptors (Lipinski definition) is 4. The molecule has 0 fully saturated rings. The Kier molecular flexibility index (Phi) is 5.26. The Morgan fingerprint density at radius 2 is 2.04 bits per heavy atom. The molecule has 1 heterocycles. The maximum atomic E-state index is 14.1. The topological polar surface area (TPSA) is 93.1 Å². The maximum Gasteiger partial charge on any atom is 0.269 e. The number of carbonyl (C=O) groups excluding carboxylic acids is 1. The summed E-state index contributed by atoms with van der Waals surface area (Å²) in [7, 11) is -1.98.